The van der Waals surface area contributed by atoms with Gasteiger partial charge >= 0.3 is 0 Å². The molecule has 0 amide bonds. The molecule has 20 heavy (non-hydrogen) atoms. The van der Waals surface area contributed by atoms with E-state index >= 15 is 0 Å². The van der Waals surface area contributed by atoms with Crippen LogP contribution in [0.15, 0.2) is 42.5 Å². The zero-order chi connectivity index (χ0) is 14.1. The van der Waals surface area contributed by atoms with E-state index in [2.05, 4.69) is 42.2 Å². The van der Waals surface area contributed by atoms with Crippen LogP contribution >= 0.6 is 0 Å². The number of nitrogen functional groups attached to an aromatic ring is 1. The first-order valence-electron chi connectivity index (χ1n) is 7.09. The van der Waals surface area contributed by atoms with E-state index in [0.29, 0.717) is 12.6 Å². The summed E-state index contributed by atoms with van der Waals surface area (Å²) < 4.78 is 5.60. The minimum atomic E-state index is 0.434. The number of nitrogens with two attached hydrogens (primary N) is 1. The second kappa shape index (κ2) is 5.08. The fourth-order valence-corrected chi connectivity index (χ4v) is 2.95. The van der Waals surface area contributed by atoms with Crippen molar-refractivity contribution in [2.45, 2.75) is 26.3 Å². The molecule has 104 valence electrons. The number of hydrogen-bond donors (Lipinski definition) is 1. The Balaban J connectivity index is 2.04. The fraction of sp³-hybridized carbons (Fsp3) is 0.294. The van der Waals surface area contributed by atoms with Gasteiger partial charge in [0.1, 0.15) is 5.75 Å². The van der Waals surface area contributed by atoms with E-state index in [1.165, 1.54) is 11.3 Å². The molecule has 3 rings (SSSR count). The van der Waals surface area contributed by atoms with Crippen molar-refractivity contribution in [2.24, 2.45) is 0 Å². The minimum Gasteiger partial charge on any atom is -0.494 e. The van der Waals surface area contributed by atoms with Gasteiger partial charge in [-0.05, 0) is 38.0 Å². The summed E-state index contributed by atoms with van der Waals surface area (Å²) in [4.78, 5) is 2.34. The Hall–Kier alpha value is -2.16. The van der Waals surface area contributed by atoms with E-state index in [1.807, 2.05) is 19.1 Å². The molecule has 1 unspecified atom stereocenters. The van der Waals surface area contributed by atoms with Gasteiger partial charge in [-0.2, -0.15) is 0 Å². The lowest BCUT2D eigenvalue weighted by molar-refractivity contribution is 0.340. The summed E-state index contributed by atoms with van der Waals surface area (Å²) in [6.07, 6.45) is 1.06. The lowest BCUT2D eigenvalue weighted by atomic mass is 10.1. The molecule has 0 fully saturated rings. The Morgan fingerprint density at radius 3 is 2.85 bits per heavy atom. The lowest BCUT2D eigenvalue weighted by Crippen LogP contribution is -2.24. The van der Waals surface area contributed by atoms with E-state index in [9.17, 15) is 0 Å². The topological polar surface area (TPSA) is 38.5 Å². The van der Waals surface area contributed by atoms with Gasteiger partial charge < -0.3 is 15.4 Å². The number of ether oxygens (including phenoxy) is 1. The van der Waals surface area contributed by atoms with Gasteiger partial charge in [-0.3, -0.25) is 0 Å². The summed E-state index contributed by atoms with van der Waals surface area (Å²) in [5.74, 6) is 0.832. The van der Waals surface area contributed by atoms with Gasteiger partial charge in [0.2, 0.25) is 0 Å². The smallest absolute Gasteiger partial charge is 0.123 e. The van der Waals surface area contributed by atoms with E-state index in [-0.39, 0.29) is 0 Å². The van der Waals surface area contributed by atoms with E-state index in [0.717, 1.165) is 23.5 Å². The molecule has 1 aliphatic heterocycles. The summed E-state index contributed by atoms with van der Waals surface area (Å²) in [6, 6.07) is 14.9. The maximum atomic E-state index is 6.02. The van der Waals surface area contributed by atoms with Crippen molar-refractivity contribution < 1.29 is 4.74 Å². The van der Waals surface area contributed by atoms with Gasteiger partial charge in [0, 0.05) is 35.2 Å². The monoisotopic (exact) mass is 268 g/mol. The molecule has 0 radical (unpaired) electrons. The summed E-state index contributed by atoms with van der Waals surface area (Å²) in [5.41, 5.74) is 10.5. The third-order valence-electron chi connectivity index (χ3n) is 3.71. The number of para-hydroxylation sites is 1. The van der Waals surface area contributed by atoms with Crippen LogP contribution in [0.3, 0.4) is 0 Å². The first-order valence-corrected chi connectivity index (χ1v) is 7.09. The van der Waals surface area contributed by atoms with Crippen molar-refractivity contribution in [1.29, 1.82) is 0 Å². The molecule has 0 aromatic heterocycles. The van der Waals surface area contributed by atoms with E-state index in [4.69, 9.17) is 10.5 Å². The molecule has 2 aromatic carbocycles. The van der Waals surface area contributed by atoms with Crippen molar-refractivity contribution in [3.05, 3.63) is 48.0 Å². The molecule has 1 aliphatic rings. The predicted molar refractivity (Wildman–Crippen MR) is 83.8 cm³/mol. The average Bonchev–Trinajstić information content (AvgIpc) is 2.74. The fourth-order valence-electron chi connectivity index (χ4n) is 2.95. The van der Waals surface area contributed by atoms with Crippen LogP contribution in [0, 0.1) is 0 Å². The van der Waals surface area contributed by atoms with Crippen molar-refractivity contribution in [3.63, 3.8) is 0 Å². The highest BCUT2D eigenvalue weighted by molar-refractivity contribution is 5.74. The number of hydrogen-bond acceptors (Lipinski definition) is 3. The molecule has 1 heterocycles. The van der Waals surface area contributed by atoms with Crippen LogP contribution in [0.5, 0.6) is 5.75 Å². The van der Waals surface area contributed by atoms with Crippen LogP contribution in [0.25, 0.3) is 0 Å². The summed E-state index contributed by atoms with van der Waals surface area (Å²) in [6.45, 7) is 4.87. The van der Waals surface area contributed by atoms with Crippen molar-refractivity contribution in [2.75, 3.05) is 17.2 Å². The van der Waals surface area contributed by atoms with Crippen LogP contribution in [-0.2, 0) is 6.42 Å². The Labute approximate surface area is 120 Å². The van der Waals surface area contributed by atoms with Crippen LogP contribution in [-0.4, -0.2) is 12.6 Å². The zero-order valence-electron chi connectivity index (χ0n) is 12.0. The Morgan fingerprint density at radius 1 is 1.25 bits per heavy atom. The zero-order valence-corrected chi connectivity index (χ0v) is 12.0. The van der Waals surface area contributed by atoms with Crippen molar-refractivity contribution >= 4 is 17.1 Å². The summed E-state index contributed by atoms with van der Waals surface area (Å²) >= 11 is 0. The highest BCUT2D eigenvalue weighted by Crippen LogP contribution is 2.40. The largest absolute Gasteiger partial charge is 0.494 e. The quantitative estimate of drug-likeness (QED) is 0.862. The van der Waals surface area contributed by atoms with Gasteiger partial charge in [0.15, 0.2) is 0 Å². The Kier molecular flexibility index (Phi) is 3.26. The van der Waals surface area contributed by atoms with E-state index < -0.39 is 0 Å². The van der Waals surface area contributed by atoms with E-state index in [1.54, 1.807) is 0 Å². The molecule has 0 bridgehead atoms. The molecule has 2 N–H and O–H groups in total. The molecular formula is C17H20N2O. The second-order valence-electron chi connectivity index (χ2n) is 5.25. The number of rotatable bonds is 3. The molecule has 0 saturated heterocycles. The third kappa shape index (κ3) is 2.20. The maximum Gasteiger partial charge on any atom is 0.123 e. The van der Waals surface area contributed by atoms with Gasteiger partial charge in [-0.1, -0.05) is 18.2 Å². The highest BCUT2D eigenvalue weighted by Gasteiger charge is 2.27. The maximum absolute atomic E-state index is 6.02. The van der Waals surface area contributed by atoms with Crippen LogP contribution < -0.4 is 15.4 Å². The third-order valence-corrected chi connectivity index (χ3v) is 3.71. The van der Waals surface area contributed by atoms with Crippen LogP contribution in [0.2, 0.25) is 0 Å². The Bertz CT molecular complexity index is 624. The normalized spacial score (nSPS) is 17.1. The first kappa shape index (κ1) is 12.9. The van der Waals surface area contributed by atoms with Crippen molar-refractivity contribution in [3.8, 4) is 5.75 Å². The number of nitrogens with zero attached hydrogens (tertiary/aromatic N) is 1. The highest BCUT2D eigenvalue weighted by atomic mass is 16.5. The molecule has 0 spiro atoms. The molecule has 2 aromatic rings. The molecule has 3 nitrogen and oxygen atoms in total. The number of anilines is 3. The predicted octanol–water partition coefficient (Wildman–Crippen LogP) is 3.75. The van der Waals surface area contributed by atoms with Gasteiger partial charge in [0.05, 0.1) is 6.61 Å². The standard InChI is InChI=1S/C17H20N2O/c1-3-20-16-10-14(18)9-15(11-16)19-12(2)8-13-6-4-5-7-17(13)19/h4-7,9-12H,3,8,18H2,1-2H3. The van der Waals surface area contributed by atoms with Crippen molar-refractivity contribution in [1.82, 2.24) is 0 Å². The Morgan fingerprint density at radius 2 is 2.05 bits per heavy atom. The first-order chi connectivity index (χ1) is 9.69. The number of fused-ring (bicyclic) bond motifs is 1. The van der Waals surface area contributed by atoms with Crippen LogP contribution in [0.4, 0.5) is 17.1 Å². The summed E-state index contributed by atoms with van der Waals surface area (Å²) in [7, 11) is 0. The average molecular weight is 268 g/mol. The second-order valence-corrected chi connectivity index (χ2v) is 5.25. The SMILES string of the molecule is CCOc1cc(N)cc(N2c3ccccc3CC2C)c1. The molecule has 3 heteroatoms. The molecule has 0 saturated carbocycles. The summed E-state index contributed by atoms with van der Waals surface area (Å²) in [5, 5.41) is 0. The molecule has 0 aliphatic carbocycles. The minimum absolute atomic E-state index is 0.434. The lowest BCUT2D eigenvalue weighted by Gasteiger charge is -2.26. The van der Waals surface area contributed by atoms with Gasteiger partial charge in [-0.25, -0.2) is 0 Å². The van der Waals surface area contributed by atoms with Crippen LogP contribution in [0.1, 0.15) is 19.4 Å². The van der Waals surface area contributed by atoms with Gasteiger partial charge in [-0.15, -0.1) is 0 Å². The molecule has 1 atom stereocenters. The van der Waals surface area contributed by atoms with Gasteiger partial charge in [0.25, 0.3) is 0 Å². The number of benzene rings is 2. The molecular weight excluding hydrogens is 248 g/mol.